The first-order valence-electron chi connectivity index (χ1n) is 8.73. The maximum Gasteiger partial charge on any atom is 0.305 e. The first kappa shape index (κ1) is 17.0. The van der Waals surface area contributed by atoms with Crippen LogP contribution >= 0.6 is 0 Å². The Morgan fingerprint density at radius 2 is 1.88 bits per heavy atom. The molecular weight excluding hydrogens is 308 g/mol. The highest BCUT2D eigenvalue weighted by atomic mass is 16.6. The number of carbonyl (C=O) groups is 1. The Balaban J connectivity index is 1.36. The number of rotatable bonds is 6. The molecule has 132 valence electrons. The Bertz CT molecular complexity index is 544. The summed E-state index contributed by atoms with van der Waals surface area (Å²) in [7, 11) is 0. The van der Waals surface area contributed by atoms with Gasteiger partial charge in [-0.1, -0.05) is 19.1 Å². The molecule has 0 saturated carbocycles. The zero-order valence-corrected chi connectivity index (χ0v) is 14.3. The number of hydrogen-bond donors (Lipinski definition) is 0. The van der Waals surface area contributed by atoms with E-state index in [2.05, 4.69) is 9.80 Å². The molecule has 0 aliphatic carbocycles. The van der Waals surface area contributed by atoms with Gasteiger partial charge in [-0.15, -0.1) is 0 Å². The summed E-state index contributed by atoms with van der Waals surface area (Å²) in [5.74, 6) is 1.55. The van der Waals surface area contributed by atoms with Gasteiger partial charge in [0.1, 0.15) is 19.3 Å². The quantitative estimate of drug-likeness (QED) is 0.733. The average Bonchev–Trinajstić information content (AvgIpc) is 2.63. The summed E-state index contributed by atoms with van der Waals surface area (Å²) in [6.45, 7) is 8.60. The van der Waals surface area contributed by atoms with Crippen LogP contribution in [-0.4, -0.2) is 74.4 Å². The molecule has 1 aromatic rings. The largest absolute Gasteiger partial charge is 0.486 e. The van der Waals surface area contributed by atoms with Crippen LogP contribution in [0.5, 0.6) is 11.5 Å². The molecule has 1 aromatic carbocycles. The van der Waals surface area contributed by atoms with Gasteiger partial charge in [0.05, 0.1) is 0 Å². The van der Waals surface area contributed by atoms with Crippen LogP contribution in [0.3, 0.4) is 0 Å². The lowest BCUT2D eigenvalue weighted by Gasteiger charge is -2.37. The van der Waals surface area contributed by atoms with E-state index >= 15 is 0 Å². The fraction of sp³-hybridized carbons (Fsp3) is 0.611. The molecule has 0 bridgehead atoms. The molecule has 0 radical (unpaired) electrons. The molecule has 1 unspecified atom stereocenters. The van der Waals surface area contributed by atoms with E-state index in [1.165, 1.54) is 0 Å². The van der Waals surface area contributed by atoms with Gasteiger partial charge in [-0.3, -0.25) is 14.6 Å². The molecule has 0 aromatic heterocycles. The van der Waals surface area contributed by atoms with Crippen LogP contribution in [0.15, 0.2) is 24.3 Å². The van der Waals surface area contributed by atoms with Crippen LogP contribution in [-0.2, 0) is 9.53 Å². The molecule has 1 fully saturated rings. The van der Waals surface area contributed by atoms with E-state index < -0.39 is 0 Å². The van der Waals surface area contributed by atoms with E-state index in [4.69, 9.17) is 14.2 Å². The summed E-state index contributed by atoms with van der Waals surface area (Å²) in [5, 5.41) is 0. The predicted molar refractivity (Wildman–Crippen MR) is 90.5 cm³/mol. The molecule has 3 rings (SSSR count). The number of piperazine rings is 1. The van der Waals surface area contributed by atoms with Crippen molar-refractivity contribution in [3.8, 4) is 11.5 Å². The maximum atomic E-state index is 11.1. The monoisotopic (exact) mass is 334 g/mol. The van der Waals surface area contributed by atoms with Crippen molar-refractivity contribution in [2.75, 3.05) is 52.5 Å². The van der Waals surface area contributed by atoms with Gasteiger partial charge in [-0.05, 0) is 12.1 Å². The Labute approximate surface area is 143 Å². The molecule has 6 heteroatoms. The molecule has 2 aliphatic heterocycles. The van der Waals surface area contributed by atoms with Gasteiger partial charge in [-0.25, -0.2) is 0 Å². The first-order chi connectivity index (χ1) is 11.7. The molecule has 0 spiro atoms. The normalized spacial score (nSPS) is 21.5. The minimum atomic E-state index is -0.122. The number of fused-ring (bicyclic) bond motifs is 1. The fourth-order valence-corrected chi connectivity index (χ4v) is 3.03. The van der Waals surface area contributed by atoms with E-state index in [1.54, 1.807) is 0 Å². The minimum Gasteiger partial charge on any atom is -0.486 e. The van der Waals surface area contributed by atoms with Crippen molar-refractivity contribution in [1.29, 1.82) is 0 Å². The number of carbonyl (C=O) groups excluding carboxylic acids is 1. The van der Waals surface area contributed by atoms with Crippen molar-refractivity contribution in [2.45, 2.75) is 19.4 Å². The number of ether oxygens (including phenoxy) is 3. The van der Waals surface area contributed by atoms with E-state index in [-0.39, 0.29) is 12.1 Å². The van der Waals surface area contributed by atoms with Crippen molar-refractivity contribution in [3.05, 3.63) is 24.3 Å². The topological polar surface area (TPSA) is 51.2 Å². The van der Waals surface area contributed by atoms with Crippen LogP contribution in [0.25, 0.3) is 0 Å². The van der Waals surface area contributed by atoms with Crippen LogP contribution in [0.1, 0.15) is 13.3 Å². The molecule has 0 N–H and O–H groups in total. The minimum absolute atomic E-state index is 0.0805. The Hall–Kier alpha value is -1.79. The third-order valence-electron chi connectivity index (χ3n) is 4.45. The summed E-state index contributed by atoms with van der Waals surface area (Å²) in [5.41, 5.74) is 0. The van der Waals surface area contributed by atoms with Crippen molar-refractivity contribution >= 4 is 5.97 Å². The number of para-hydroxylation sites is 2. The highest BCUT2D eigenvalue weighted by Gasteiger charge is 2.25. The molecule has 1 atom stereocenters. The smallest absolute Gasteiger partial charge is 0.305 e. The number of hydrogen-bond acceptors (Lipinski definition) is 6. The summed E-state index contributed by atoms with van der Waals surface area (Å²) in [4.78, 5) is 15.9. The summed E-state index contributed by atoms with van der Waals surface area (Å²) in [6, 6.07) is 7.82. The third-order valence-corrected chi connectivity index (χ3v) is 4.45. The molecule has 24 heavy (non-hydrogen) atoms. The SMILES string of the molecule is CCC(=O)OCCN1CCN(CC2COc3ccccc3O2)CC1. The first-order valence-corrected chi connectivity index (χ1v) is 8.73. The molecular formula is C18H26N2O4. The standard InChI is InChI=1S/C18H26N2O4/c1-2-18(21)22-12-11-19-7-9-20(10-8-19)13-15-14-23-16-5-3-4-6-17(16)24-15/h3-6,15H,2,7-14H2,1H3. The lowest BCUT2D eigenvalue weighted by Crippen LogP contribution is -2.51. The number of benzene rings is 1. The summed E-state index contributed by atoms with van der Waals surface area (Å²) < 4.78 is 16.9. The van der Waals surface area contributed by atoms with Crippen LogP contribution in [0.4, 0.5) is 0 Å². The highest BCUT2D eigenvalue weighted by Crippen LogP contribution is 2.31. The number of esters is 1. The van der Waals surface area contributed by atoms with Gasteiger partial charge in [0.25, 0.3) is 0 Å². The lowest BCUT2D eigenvalue weighted by molar-refractivity contribution is -0.143. The average molecular weight is 334 g/mol. The lowest BCUT2D eigenvalue weighted by atomic mass is 10.2. The van der Waals surface area contributed by atoms with Crippen LogP contribution in [0, 0.1) is 0 Å². The second-order valence-corrected chi connectivity index (χ2v) is 6.21. The Morgan fingerprint density at radius 1 is 1.17 bits per heavy atom. The van der Waals surface area contributed by atoms with Crippen molar-refractivity contribution < 1.29 is 19.0 Å². The zero-order chi connectivity index (χ0) is 16.8. The second-order valence-electron chi connectivity index (χ2n) is 6.21. The second kappa shape index (κ2) is 8.35. The van der Waals surface area contributed by atoms with Gasteiger partial charge >= 0.3 is 5.97 Å². The zero-order valence-electron chi connectivity index (χ0n) is 14.3. The van der Waals surface area contributed by atoms with Gasteiger partial charge in [0.15, 0.2) is 11.5 Å². The van der Waals surface area contributed by atoms with Gasteiger partial charge in [0.2, 0.25) is 0 Å². The van der Waals surface area contributed by atoms with E-state index in [0.717, 1.165) is 50.8 Å². The van der Waals surface area contributed by atoms with Crippen molar-refractivity contribution in [2.24, 2.45) is 0 Å². The molecule has 6 nitrogen and oxygen atoms in total. The molecule has 2 heterocycles. The van der Waals surface area contributed by atoms with Gasteiger partial charge in [0, 0.05) is 45.7 Å². The van der Waals surface area contributed by atoms with E-state index in [0.29, 0.717) is 19.6 Å². The van der Waals surface area contributed by atoms with E-state index in [9.17, 15) is 4.79 Å². The number of nitrogens with zero attached hydrogens (tertiary/aromatic N) is 2. The van der Waals surface area contributed by atoms with Gasteiger partial charge < -0.3 is 14.2 Å². The fourth-order valence-electron chi connectivity index (χ4n) is 3.03. The van der Waals surface area contributed by atoms with Crippen LogP contribution in [0.2, 0.25) is 0 Å². The highest BCUT2D eigenvalue weighted by molar-refractivity contribution is 5.68. The third kappa shape index (κ3) is 4.61. The molecule has 1 saturated heterocycles. The van der Waals surface area contributed by atoms with Crippen molar-refractivity contribution in [1.82, 2.24) is 9.80 Å². The van der Waals surface area contributed by atoms with E-state index in [1.807, 2.05) is 31.2 Å². The van der Waals surface area contributed by atoms with Crippen molar-refractivity contribution in [3.63, 3.8) is 0 Å². The molecule has 2 aliphatic rings. The van der Waals surface area contributed by atoms with Crippen LogP contribution < -0.4 is 9.47 Å². The summed E-state index contributed by atoms with van der Waals surface area (Å²) >= 11 is 0. The molecule has 0 amide bonds. The summed E-state index contributed by atoms with van der Waals surface area (Å²) in [6.07, 6.45) is 0.525. The Kier molecular flexibility index (Phi) is 5.93. The maximum absolute atomic E-state index is 11.1. The Morgan fingerprint density at radius 3 is 2.62 bits per heavy atom. The van der Waals surface area contributed by atoms with Gasteiger partial charge in [-0.2, -0.15) is 0 Å². The predicted octanol–water partition coefficient (Wildman–Crippen LogP) is 1.40.